The summed E-state index contributed by atoms with van der Waals surface area (Å²) in [5.41, 5.74) is 2.50. The van der Waals surface area contributed by atoms with Gasteiger partial charge in [0.2, 0.25) is 15.9 Å². The molecule has 1 amide bonds. The maximum absolute atomic E-state index is 12.6. The van der Waals surface area contributed by atoms with Gasteiger partial charge in [0.15, 0.2) is 0 Å². The maximum atomic E-state index is 12.6. The van der Waals surface area contributed by atoms with Gasteiger partial charge in [0.25, 0.3) is 0 Å². The van der Waals surface area contributed by atoms with Gasteiger partial charge in [-0.15, -0.1) is 0 Å². The number of aryl methyl sites for hydroxylation is 3. The van der Waals surface area contributed by atoms with Gasteiger partial charge in [0.1, 0.15) is 0 Å². The first-order valence-corrected chi connectivity index (χ1v) is 10.7. The molecule has 0 radical (unpaired) electrons. The van der Waals surface area contributed by atoms with Gasteiger partial charge in [0.05, 0.1) is 4.90 Å². The fraction of sp³-hybridized carbons (Fsp3) is 0.632. The Morgan fingerprint density at radius 2 is 1.73 bits per heavy atom. The number of rotatable bonds is 7. The first-order chi connectivity index (χ1) is 12.2. The van der Waals surface area contributed by atoms with Gasteiger partial charge < -0.3 is 10.2 Å². The van der Waals surface area contributed by atoms with Gasteiger partial charge in [0, 0.05) is 26.1 Å². The first-order valence-electron chi connectivity index (χ1n) is 9.24. The molecule has 1 aliphatic heterocycles. The molecule has 0 saturated carbocycles. The average Bonchev–Trinajstić information content (AvgIpc) is 2.54. The monoisotopic (exact) mass is 381 g/mol. The summed E-state index contributed by atoms with van der Waals surface area (Å²) in [6.45, 7) is 8.18. The zero-order valence-electron chi connectivity index (χ0n) is 16.3. The van der Waals surface area contributed by atoms with Crippen molar-refractivity contribution in [3.63, 3.8) is 0 Å². The number of carbonyl (C=O) groups excluding carboxylic acids is 1. The van der Waals surface area contributed by atoms with E-state index in [1.54, 1.807) is 13.8 Å². The number of nitrogens with one attached hydrogen (secondary N) is 2. The minimum absolute atomic E-state index is 0.0213. The lowest BCUT2D eigenvalue weighted by Crippen LogP contribution is -2.41. The minimum atomic E-state index is -3.61. The van der Waals surface area contributed by atoms with Crippen molar-refractivity contribution in [3.05, 3.63) is 28.8 Å². The number of benzene rings is 1. The maximum Gasteiger partial charge on any atom is 0.241 e. The number of hydrogen-bond acceptors (Lipinski definition) is 4. The normalized spacial score (nSPS) is 16.1. The summed E-state index contributed by atoms with van der Waals surface area (Å²) in [4.78, 5) is 14.5. The molecule has 7 heteroatoms. The van der Waals surface area contributed by atoms with Crippen LogP contribution in [0.25, 0.3) is 0 Å². The molecule has 1 saturated heterocycles. The fourth-order valence-corrected chi connectivity index (χ4v) is 5.27. The second-order valence-corrected chi connectivity index (χ2v) is 8.96. The standard InChI is InChI=1S/C19H31N3O3S/c1-14-11-15(2)19(16(3)12-14)26(24,25)21-8-5-18(23)22-9-6-17(7-10-22)13-20-4/h11-12,17,20-21H,5-10,13H2,1-4H3. The SMILES string of the molecule is CNCC1CCN(C(=O)CCNS(=O)(=O)c2c(C)cc(C)cc2C)CC1. The van der Waals surface area contributed by atoms with E-state index < -0.39 is 10.0 Å². The third-order valence-corrected chi connectivity index (χ3v) is 6.73. The van der Waals surface area contributed by atoms with E-state index in [0.717, 1.165) is 49.2 Å². The molecule has 1 aliphatic rings. The molecule has 0 spiro atoms. The molecule has 6 nitrogen and oxygen atoms in total. The average molecular weight is 382 g/mol. The lowest BCUT2D eigenvalue weighted by Gasteiger charge is -2.32. The predicted octanol–water partition coefficient (Wildman–Crippen LogP) is 1.74. The van der Waals surface area contributed by atoms with E-state index in [9.17, 15) is 13.2 Å². The molecule has 1 fully saturated rings. The van der Waals surface area contributed by atoms with Crippen LogP contribution >= 0.6 is 0 Å². The number of amides is 1. The molecule has 0 unspecified atom stereocenters. The highest BCUT2D eigenvalue weighted by atomic mass is 32.2. The second-order valence-electron chi connectivity index (χ2n) is 7.26. The smallest absolute Gasteiger partial charge is 0.241 e. The summed E-state index contributed by atoms with van der Waals surface area (Å²) >= 11 is 0. The summed E-state index contributed by atoms with van der Waals surface area (Å²) in [6.07, 6.45) is 2.19. The Labute approximate surface area is 157 Å². The zero-order chi connectivity index (χ0) is 19.3. The van der Waals surface area contributed by atoms with Gasteiger partial charge in [-0.05, 0) is 64.3 Å². The van der Waals surface area contributed by atoms with Crippen molar-refractivity contribution in [2.75, 3.05) is 33.2 Å². The lowest BCUT2D eigenvalue weighted by molar-refractivity contribution is -0.132. The van der Waals surface area contributed by atoms with Gasteiger partial charge in [-0.25, -0.2) is 13.1 Å². The van der Waals surface area contributed by atoms with E-state index in [1.165, 1.54) is 0 Å². The number of piperidine rings is 1. The molecule has 0 atom stereocenters. The van der Waals surface area contributed by atoms with Crippen LogP contribution in [0.1, 0.15) is 36.0 Å². The molecular formula is C19H31N3O3S. The molecular weight excluding hydrogens is 350 g/mol. The first kappa shape index (κ1) is 20.9. The highest BCUT2D eigenvalue weighted by Crippen LogP contribution is 2.21. The van der Waals surface area contributed by atoms with E-state index in [0.29, 0.717) is 10.8 Å². The lowest BCUT2D eigenvalue weighted by atomic mass is 9.96. The van der Waals surface area contributed by atoms with Crippen LogP contribution in [0.2, 0.25) is 0 Å². The highest BCUT2D eigenvalue weighted by molar-refractivity contribution is 7.89. The van der Waals surface area contributed by atoms with E-state index in [4.69, 9.17) is 0 Å². The second kappa shape index (κ2) is 8.97. The van der Waals surface area contributed by atoms with E-state index in [-0.39, 0.29) is 18.9 Å². The van der Waals surface area contributed by atoms with Crippen LogP contribution in [0.4, 0.5) is 0 Å². The van der Waals surface area contributed by atoms with Gasteiger partial charge in [-0.2, -0.15) is 0 Å². The quantitative estimate of drug-likeness (QED) is 0.754. The summed E-state index contributed by atoms with van der Waals surface area (Å²) in [5.74, 6) is 0.642. The van der Waals surface area contributed by atoms with Gasteiger partial charge in [-0.3, -0.25) is 4.79 Å². The van der Waals surface area contributed by atoms with Crippen LogP contribution in [0.3, 0.4) is 0 Å². The van der Waals surface area contributed by atoms with Crippen molar-refractivity contribution in [2.24, 2.45) is 5.92 Å². The molecule has 2 rings (SSSR count). The molecule has 146 valence electrons. The van der Waals surface area contributed by atoms with Crippen LogP contribution in [0, 0.1) is 26.7 Å². The van der Waals surface area contributed by atoms with Crippen LogP contribution in [-0.4, -0.2) is 52.5 Å². The van der Waals surface area contributed by atoms with Crippen LogP contribution in [-0.2, 0) is 14.8 Å². The Kier molecular flexibility index (Phi) is 7.20. The Morgan fingerprint density at radius 3 is 2.27 bits per heavy atom. The number of sulfonamides is 1. The van der Waals surface area contributed by atoms with Crippen molar-refractivity contribution in [1.29, 1.82) is 0 Å². The summed E-state index contributed by atoms with van der Waals surface area (Å²) in [7, 11) is -1.66. The third kappa shape index (κ3) is 5.28. The number of carbonyl (C=O) groups is 1. The molecule has 1 heterocycles. The van der Waals surface area contributed by atoms with E-state index in [2.05, 4.69) is 10.0 Å². The Hall–Kier alpha value is -1.44. The molecule has 0 aromatic heterocycles. The Bertz CT molecular complexity index is 715. The number of nitrogens with zero attached hydrogens (tertiary/aromatic N) is 1. The van der Waals surface area contributed by atoms with Gasteiger partial charge in [-0.1, -0.05) is 17.7 Å². The predicted molar refractivity (Wildman–Crippen MR) is 104 cm³/mol. The fourth-order valence-electron chi connectivity index (χ4n) is 3.79. The molecule has 1 aromatic rings. The van der Waals surface area contributed by atoms with Crippen molar-refractivity contribution in [3.8, 4) is 0 Å². The molecule has 2 N–H and O–H groups in total. The Balaban J connectivity index is 1.88. The van der Waals surface area contributed by atoms with Gasteiger partial charge >= 0.3 is 0 Å². The topological polar surface area (TPSA) is 78.5 Å². The minimum Gasteiger partial charge on any atom is -0.343 e. The van der Waals surface area contributed by atoms with Crippen LogP contribution in [0.5, 0.6) is 0 Å². The molecule has 26 heavy (non-hydrogen) atoms. The largest absolute Gasteiger partial charge is 0.343 e. The summed E-state index contributed by atoms with van der Waals surface area (Å²) < 4.78 is 27.8. The zero-order valence-corrected chi connectivity index (χ0v) is 17.1. The van der Waals surface area contributed by atoms with Crippen molar-refractivity contribution in [2.45, 2.75) is 44.9 Å². The molecule has 1 aromatic carbocycles. The van der Waals surface area contributed by atoms with E-state index >= 15 is 0 Å². The Morgan fingerprint density at radius 1 is 1.15 bits per heavy atom. The summed E-state index contributed by atoms with van der Waals surface area (Å²) in [6, 6.07) is 3.73. The van der Waals surface area contributed by atoms with Crippen LogP contribution in [0.15, 0.2) is 17.0 Å². The molecule has 0 bridgehead atoms. The van der Waals surface area contributed by atoms with Crippen molar-refractivity contribution in [1.82, 2.24) is 14.9 Å². The highest BCUT2D eigenvalue weighted by Gasteiger charge is 2.23. The third-order valence-electron chi connectivity index (χ3n) is 4.96. The number of likely N-dealkylation sites (tertiary alicyclic amines) is 1. The van der Waals surface area contributed by atoms with E-state index in [1.807, 2.05) is 31.0 Å². The van der Waals surface area contributed by atoms with Crippen molar-refractivity contribution >= 4 is 15.9 Å². The van der Waals surface area contributed by atoms with Crippen molar-refractivity contribution < 1.29 is 13.2 Å². The number of hydrogen-bond donors (Lipinski definition) is 2. The summed E-state index contributed by atoms with van der Waals surface area (Å²) in [5, 5.41) is 3.18. The molecule has 0 aliphatic carbocycles. The van der Waals surface area contributed by atoms with Crippen LogP contribution < -0.4 is 10.0 Å².